The molecule has 0 heterocycles. The summed E-state index contributed by atoms with van der Waals surface area (Å²) in [6.45, 7) is 2.67. The van der Waals surface area contributed by atoms with Crippen LogP contribution in [0.5, 0.6) is 5.75 Å². The van der Waals surface area contributed by atoms with E-state index < -0.39 is 10.0 Å². The van der Waals surface area contributed by atoms with Crippen LogP contribution >= 0.6 is 0 Å². The number of rotatable bonds is 8. The molecule has 0 unspecified atom stereocenters. The first-order chi connectivity index (χ1) is 10.1. The van der Waals surface area contributed by atoms with Crippen LogP contribution in [0.15, 0.2) is 18.2 Å². The highest BCUT2D eigenvalue weighted by Gasteiger charge is 2.11. The van der Waals surface area contributed by atoms with Crippen LogP contribution in [0, 0.1) is 0 Å². The first-order valence-corrected chi connectivity index (χ1v) is 9.48. The second-order valence-corrected chi connectivity index (χ2v) is 7.48. The highest BCUT2D eigenvalue weighted by molar-refractivity contribution is 7.89. The molecular formula is C16H25NO3S. The zero-order valence-electron chi connectivity index (χ0n) is 12.7. The van der Waals surface area contributed by atoms with Gasteiger partial charge < -0.3 is 4.74 Å². The van der Waals surface area contributed by atoms with Crippen molar-refractivity contribution in [3.05, 3.63) is 29.3 Å². The van der Waals surface area contributed by atoms with E-state index in [0.717, 1.165) is 25.0 Å². The van der Waals surface area contributed by atoms with Crippen molar-refractivity contribution >= 4 is 10.0 Å². The zero-order valence-corrected chi connectivity index (χ0v) is 13.5. The summed E-state index contributed by atoms with van der Waals surface area (Å²) in [6, 6.07) is 6.21. The molecule has 1 aromatic rings. The molecule has 0 atom stereocenters. The summed E-state index contributed by atoms with van der Waals surface area (Å²) in [5.41, 5.74) is 2.80. The molecule has 118 valence electrons. The summed E-state index contributed by atoms with van der Waals surface area (Å²) < 4.78 is 31.5. The molecule has 0 saturated carbocycles. The molecule has 0 radical (unpaired) electrons. The number of unbranched alkanes of at least 4 members (excludes halogenated alkanes) is 1. The van der Waals surface area contributed by atoms with Gasteiger partial charge in [-0.1, -0.05) is 19.4 Å². The van der Waals surface area contributed by atoms with E-state index in [0.29, 0.717) is 19.6 Å². The summed E-state index contributed by atoms with van der Waals surface area (Å²) in [4.78, 5) is 0. The van der Waals surface area contributed by atoms with Gasteiger partial charge in [-0.2, -0.15) is 0 Å². The van der Waals surface area contributed by atoms with Gasteiger partial charge in [0.05, 0.1) is 5.75 Å². The van der Waals surface area contributed by atoms with E-state index in [1.54, 1.807) is 0 Å². The van der Waals surface area contributed by atoms with E-state index in [4.69, 9.17) is 4.74 Å². The topological polar surface area (TPSA) is 55.4 Å². The Kier molecular flexibility index (Phi) is 6.06. The van der Waals surface area contributed by atoms with Crippen LogP contribution in [-0.4, -0.2) is 27.3 Å². The Morgan fingerprint density at radius 1 is 1.19 bits per heavy atom. The van der Waals surface area contributed by atoms with Crippen molar-refractivity contribution in [1.82, 2.24) is 4.72 Å². The molecular weight excluding hydrogens is 286 g/mol. The van der Waals surface area contributed by atoms with Gasteiger partial charge in [-0.3, -0.25) is 0 Å². The minimum Gasteiger partial charge on any atom is -0.492 e. The van der Waals surface area contributed by atoms with Crippen molar-refractivity contribution in [2.75, 3.05) is 18.9 Å². The zero-order chi connectivity index (χ0) is 15.1. The van der Waals surface area contributed by atoms with Gasteiger partial charge in [0.25, 0.3) is 0 Å². The van der Waals surface area contributed by atoms with Crippen LogP contribution < -0.4 is 9.46 Å². The predicted octanol–water partition coefficient (Wildman–Crippen LogP) is 2.66. The number of hydrogen-bond acceptors (Lipinski definition) is 3. The molecule has 0 bridgehead atoms. The van der Waals surface area contributed by atoms with E-state index >= 15 is 0 Å². The second kappa shape index (κ2) is 7.80. The third kappa shape index (κ3) is 5.32. The minimum atomic E-state index is -3.14. The van der Waals surface area contributed by atoms with E-state index in [1.165, 1.54) is 24.0 Å². The monoisotopic (exact) mass is 311 g/mol. The lowest BCUT2D eigenvalue weighted by atomic mass is 9.92. The van der Waals surface area contributed by atoms with Gasteiger partial charge in [-0.25, -0.2) is 13.1 Å². The van der Waals surface area contributed by atoms with Crippen LogP contribution in [0.3, 0.4) is 0 Å². The summed E-state index contributed by atoms with van der Waals surface area (Å²) in [5.74, 6) is 1.03. The third-order valence-electron chi connectivity index (χ3n) is 3.78. The number of aryl methyl sites for hydroxylation is 2. The van der Waals surface area contributed by atoms with Gasteiger partial charge in [0, 0.05) is 6.54 Å². The molecule has 1 aromatic carbocycles. The Hall–Kier alpha value is -1.07. The van der Waals surface area contributed by atoms with Crippen molar-refractivity contribution in [2.24, 2.45) is 0 Å². The van der Waals surface area contributed by atoms with Gasteiger partial charge in [0.1, 0.15) is 12.4 Å². The summed E-state index contributed by atoms with van der Waals surface area (Å²) >= 11 is 0. The number of benzene rings is 1. The average molecular weight is 311 g/mol. The maximum atomic E-state index is 11.6. The fourth-order valence-electron chi connectivity index (χ4n) is 2.57. The maximum absolute atomic E-state index is 11.6. The van der Waals surface area contributed by atoms with E-state index in [-0.39, 0.29) is 5.75 Å². The van der Waals surface area contributed by atoms with Crippen LogP contribution in [0.1, 0.15) is 43.7 Å². The lowest BCUT2D eigenvalue weighted by Crippen LogP contribution is -2.30. The van der Waals surface area contributed by atoms with Crippen LogP contribution in [0.4, 0.5) is 0 Å². The largest absolute Gasteiger partial charge is 0.492 e. The minimum absolute atomic E-state index is 0.197. The predicted molar refractivity (Wildman–Crippen MR) is 85.3 cm³/mol. The van der Waals surface area contributed by atoms with Crippen molar-refractivity contribution in [3.8, 4) is 5.75 Å². The Balaban J connectivity index is 1.76. The molecule has 0 aliphatic heterocycles. The number of nitrogens with one attached hydrogen (secondary N) is 1. The van der Waals surface area contributed by atoms with E-state index in [2.05, 4.69) is 16.9 Å². The van der Waals surface area contributed by atoms with Gasteiger partial charge in [0.15, 0.2) is 0 Å². The fourth-order valence-corrected chi connectivity index (χ4v) is 3.78. The lowest BCUT2D eigenvalue weighted by molar-refractivity contribution is 0.322. The molecule has 0 amide bonds. The summed E-state index contributed by atoms with van der Waals surface area (Å²) in [5, 5.41) is 0. The van der Waals surface area contributed by atoms with E-state index in [1.807, 2.05) is 13.0 Å². The highest BCUT2D eigenvalue weighted by atomic mass is 32.2. The Bertz CT molecular complexity index is 555. The SMILES string of the molecule is CCCCS(=O)(=O)NCCOc1ccc2c(c1)CCCC2. The normalized spacial score (nSPS) is 14.7. The number of hydrogen-bond donors (Lipinski definition) is 1. The molecule has 1 N–H and O–H groups in total. The van der Waals surface area contributed by atoms with Crippen molar-refractivity contribution in [2.45, 2.75) is 45.4 Å². The van der Waals surface area contributed by atoms with Crippen LogP contribution in [-0.2, 0) is 22.9 Å². The first-order valence-electron chi connectivity index (χ1n) is 7.82. The number of fused-ring (bicyclic) bond motifs is 1. The average Bonchev–Trinajstić information content (AvgIpc) is 2.49. The summed E-state index contributed by atoms with van der Waals surface area (Å²) in [7, 11) is -3.14. The van der Waals surface area contributed by atoms with Gasteiger partial charge >= 0.3 is 0 Å². The van der Waals surface area contributed by atoms with Crippen molar-refractivity contribution in [1.29, 1.82) is 0 Å². The van der Waals surface area contributed by atoms with Crippen molar-refractivity contribution < 1.29 is 13.2 Å². The van der Waals surface area contributed by atoms with Crippen LogP contribution in [0.2, 0.25) is 0 Å². The van der Waals surface area contributed by atoms with E-state index in [9.17, 15) is 8.42 Å². The second-order valence-electron chi connectivity index (χ2n) is 5.55. The smallest absolute Gasteiger partial charge is 0.211 e. The molecule has 1 aliphatic carbocycles. The Labute approximate surface area is 127 Å². The molecule has 4 nitrogen and oxygen atoms in total. The maximum Gasteiger partial charge on any atom is 0.211 e. The molecule has 0 spiro atoms. The quantitative estimate of drug-likeness (QED) is 0.751. The number of sulfonamides is 1. The van der Waals surface area contributed by atoms with Gasteiger partial charge in [-0.15, -0.1) is 0 Å². The number of ether oxygens (including phenoxy) is 1. The molecule has 0 saturated heterocycles. The molecule has 1 aliphatic rings. The van der Waals surface area contributed by atoms with Gasteiger partial charge in [-0.05, 0) is 55.4 Å². The van der Waals surface area contributed by atoms with Crippen molar-refractivity contribution in [3.63, 3.8) is 0 Å². The van der Waals surface area contributed by atoms with Gasteiger partial charge in [0.2, 0.25) is 10.0 Å². The molecule has 2 rings (SSSR count). The molecule has 21 heavy (non-hydrogen) atoms. The Morgan fingerprint density at radius 3 is 2.71 bits per heavy atom. The highest BCUT2D eigenvalue weighted by Crippen LogP contribution is 2.25. The summed E-state index contributed by atoms with van der Waals surface area (Å²) in [6.07, 6.45) is 6.37. The first kappa shape index (κ1) is 16.3. The molecule has 0 fully saturated rings. The standard InChI is InChI=1S/C16H25NO3S/c1-2-3-12-21(18,19)17-10-11-20-16-9-8-14-6-4-5-7-15(14)13-16/h8-9,13,17H,2-7,10-12H2,1H3. The molecule has 5 heteroatoms. The van der Waals surface area contributed by atoms with Crippen LogP contribution in [0.25, 0.3) is 0 Å². The Morgan fingerprint density at radius 2 is 1.95 bits per heavy atom. The molecule has 0 aromatic heterocycles. The fraction of sp³-hybridized carbons (Fsp3) is 0.625. The third-order valence-corrected chi connectivity index (χ3v) is 5.25. The lowest BCUT2D eigenvalue weighted by Gasteiger charge is -2.16.